The highest BCUT2D eigenvalue weighted by atomic mass is 16.3. The lowest BCUT2D eigenvalue weighted by atomic mass is 9.45. The van der Waals surface area contributed by atoms with Crippen molar-refractivity contribution in [3.8, 4) is 5.69 Å². The van der Waals surface area contributed by atoms with E-state index in [1.807, 2.05) is 5.56 Å². The van der Waals surface area contributed by atoms with Crippen molar-refractivity contribution in [2.75, 3.05) is 0 Å². The summed E-state index contributed by atoms with van der Waals surface area (Å²) in [5, 5.41) is 5.10. The lowest BCUT2D eigenvalue weighted by Crippen LogP contribution is -2.48. The first-order valence-electron chi connectivity index (χ1n) is 19.9. The second-order valence-corrected chi connectivity index (χ2v) is 16.9. The maximum absolute atomic E-state index is 6.59. The first-order chi connectivity index (χ1) is 24.8. The molecule has 3 fully saturated rings. The molecule has 3 saturated carbocycles. The molecule has 0 amide bonds. The van der Waals surface area contributed by atoms with Gasteiger partial charge in [0.15, 0.2) is 5.58 Å². The molecule has 5 aliphatic rings. The van der Waals surface area contributed by atoms with Crippen LogP contribution in [0.4, 0.5) is 0 Å². The van der Waals surface area contributed by atoms with Crippen LogP contribution >= 0.6 is 0 Å². The van der Waals surface area contributed by atoms with Gasteiger partial charge in [-0.15, -0.1) is 0 Å². The average molecular weight is 652 g/mol. The molecule has 7 aromatic rings. The predicted octanol–water partition coefficient (Wildman–Crippen LogP) is 13.2. The van der Waals surface area contributed by atoms with Gasteiger partial charge in [0.25, 0.3) is 0 Å². The van der Waals surface area contributed by atoms with Crippen LogP contribution in [-0.4, -0.2) is 4.57 Å². The van der Waals surface area contributed by atoms with Gasteiger partial charge < -0.3 is 8.98 Å². The molecule has 2 heteroatoms. The lowest BCUT2D eigenvalue weighted by Gasteiger charge is -2.59. The van der Waals surface area contributed by atoms with Crippen molar-refractivity contribution < 1.29 is 4.42 Å². The standard InChI is InChI=1S/C48H45NO/c1-3-13-32-30(11-1)36-17-9-18-37-31-12-2-4-14-33(31)41-27-29(26-40(32)47(41)46(36)37)28-23-24-43-39(25-28)34-15-5-7-20-42(34)49(43)44-21-10-19-38-35-16-6-8-22-45(35)50-48(38)44/h5-10,15-25,29-33,40-41,47H,1-4,11-14,26-27H2. The van der Waals surface area contributed by atoms with Crippen LogP contribution in [-0.2, 0) is 0 Å². The summed E-state index contributed by atoms with van der Waals surface area (Å²) in [7, 11) is 0. The Bertz CT molecular complexity index is 2430. The van der Waals surface area contributed by atoms with Crippen LogP contribution in [0.15, 0.2) is 108 Å². The minimum absolute atomic E-state index is 0.642. The summed E-state index contributed by atoms with van der Waals surface area (Å²) >= 11 is 0. The molecule has 6 atom stereocenters. The summed E-state index contributed by atoms with van der Waals surface area (Å²) in [6.45, 7) is 0. The second kappa shape index (κ2) is 10.6. The van der Waals surface area contributed by atoms with E-state index in [1.54, 1.807) is 16.7 Å². The van der Waals surface area contributed by atoms with Gasteiger partial charge in [-0.1, -0.05) is 98.5 Å². The molecule has 0 radical (unpaired) electrons. The quantitative estimate of drug-likeness (QED) is 0.182. The summed E-state index contributed by atoms with van der Waals surface area (Å²) in [5.41, 5.74) is 12.7. The van der Waals surface area contributed by atoms with Gasteiger partial charge in [0.1, 0.15) is 5.58 Å². The average Bonchev–Trinajstić information content (AvgIpc) is 3.73. The number of furan rings is 1. The van der Waals surface area contributed by atoms with Crippen molar-refractivity contribution in [2.24, 2.45) is 23.7 Å². The molecule has 2 nitrogen and oxygen atoms in total. The van der Waals surface area contributed by atoms with Crippen LogP contribution in [0.1, 0.15) is 110 Å². The van der Waals surface area contributed by atoms with Crippen LogP contribution in [0.3, 0.4) is 0 Å². The van der Waals surface area contributed by atoms with E-state index in [2.05, 4.69) is 108 Å². The first-order valence-corrected chi connectivity index (χ1v) is 19.9. The van der Waals surface area contributed by atoms with Crippen molar-refractivity contribution in [3.05, 3.63) is 125 Å². The molecule has 0 N–H and O–H groups in total. The number of hydrogen-bond acceptors (Lipinski definition) is 1. The number of nitrogens with zero attached hydrogens (tertiary/aromatic N) is 1. The third-order valence-corrected chi connectivity index (χ3v) is 14.9. The molecule has 5 aliphatic carbocycles. The molecular formula is C48H45NO. The molecule has 50 heavy (non-hydrogen) atoms. The van der Waals surface area contributed by atoms with Gasteiger partial charge in [-0.05, 0) is 138 Å². The molecule has 5 aromatic carbocycles. The summed E-state index contributed by atoms with van der Waals surface area (Å²) in [6, 6.07) is 39.4. The molecule has 12 rings (SSSR count). The fourth-order valence-electron chi connectivity index (χ4n) is 13.1. The van der Waals surface area contributed by atoms with Crippen LogP contribution < -0.4 is 0 Å². The molecular weight excluding hydrogens is 607 g/mol. The second-order valence-electron chi connectivity index (χ2n) is 16.9. The first kappa shape index (κ1) is 28.4. The number of aromatic nitrogens is 1. The monoisotopic (exact) mass is 651 g/mol. The lowest BCUT2D eigenvalue weighted by molar-refractivity contribution is 0.0278. The van der Waals surface area contributed by atoms with E-state index in [-0.39, 0.29) is 0 Å². The van der Waals surface area contributed by atoms with E-state index in [0.717, 1.165) is 58.3 Å². The molecule has 0 aliphatic heterocycles. The predicted molar refractivity (Wildman–Crippen MR) is 206 cm³/mol. The minimum Gasteiger partial charge on any atom is -0.454 e. The van der Waals surface area contributed by atoms with E-state index >= 15 is 0 Å². The van der Waals surface area contributed by atoms with Crippen molar-refractivity contribution in [3.63, 3.8) is 0 Å². The zero-order valence-corrected chi connectivity index (χ0v) is 28.9. The highest BCUT2D eigenvalue weighted by molar-refractivity contribution is 6.12. The van der Waals surface area contributed by atoms with E-state index < -0.39 is 0 Å². The topological polar surface area (TPSA) is 18.1 Å². The molecule has 0 saturated heterocycles. The highest BCUT2D eigenvalue weighted by Gasteiger charge is 2.55. The van der Waals surface area contributed by atoms with Crippen LogP contribution in [0.5, 0.6) is 0 Å². The maximum atomic E-state index is 6.59. The van der Waals surface area contributed by atoms with Gasteiger partial charge in [-0.3, -0.25) is 0 Å². The van der Waals surface area contributed by atoms with E-state index in [0.29, 0.717) is 5.92 Å². The third kappa shape index (κ3) is 3.81. The molecule has 248 valence electrons. The Balaban J connectivity index is 1.01. The molecule has 6 unspecified atom stereocenters. The number of fused-ring (bicyclic) bond motifs is 12. The Labute approximate surface area is 294 Å². The summed E-state index contributed by atoms with van der Waals surface area (Å²) < 4.78 is 9.06. The van der Waals surface area contributed by atoms with Crippen LogP contribution in [0, 0.1) is 23.7 Å². The zero-order chi connectivity index (χ0) is 32.5. The van der Waals surface area contributed by atoms with Gasteiger partial charge in [-0.25, -0.2) is 0 Å². The number of rotatable bonds is 2. The zero-order valence-electron chi connectivity index (χ0n) is 28.9. The SMILES string of the molecule is c1cc2c3c(c1)C1CCCCC1C1CC(c4ccc5c(c4)c4ccccc4n5-c4cccc5c4oc4ccccc45)CC(C4CCCCC24)C31. The Morgan fingerprint density at radius 1 is 0.520 bits per heavy atom. The van der Waals surface area contributed by atoms with Crippen molar-refractivity contribution >= 4 is 43.7 Å². The Morgan fingerprint density at radius 3 is 1.94 bits per heavy atom. The normalized spacial score (nSPS) is 30.0. The highest BCUT2D eigenvalue weighted by Crippen LogP contribution is 2.67. The Hall–Kier alpha value is -4.30. The Kier molecular flexibility index (Phi) is 6.03. The molecule has 0 bridgehead atoms. The van der Waals surface area contributed by atoms with Crippen molar-refractivity contribution in [1.82, 2.24) is 4.57 Å². The van der Waals surface area contributed by atoms with E-state index in [4.69, 9.17) is 4.42 Å². The fourth-order valence-corrected chi connectivity index (χ4v) is 13.1. The number of benzene rings is 5. The van der Waals surface area contributed by atoms with Crippen molar-refractivity contribution in [2.45, 2.75) is 87.9 Å². The van der Waals surface area contributed by atoms with Crippen molar-refractivity contribution in [1.29, 1.82) is 0 Å². The molecule has 2 aromatic heterocycles. The van der Waals surface area contributed by atoms with Gasteiger partial charge in [0.05, 0.1) is 16.7 Å². The van der Waals surface area contributed by atoms with Crippen LogP contribution in [0.2, 0.25) is 0 Å². The molecule has 2 heterocycles. The minimum atomic E-state index is 0.642. The van der Waals surface area contributed by atoms with Gasteiger partial charge >= 0.3 is 0 Å². The number of para-hydroxylation sites is 3. The summed E-state index contributed by atoms with van der Waals surface area (Å²) in [5.74, 6) is 6.44. The van der Waals surface area contributed by atoms with Gasteiger partial charge in [-0.2, -0.15) is 0 Å². The summed E-state index contributed by atoms with van der Waals surface area (Å²) in [6.07, 6.45) is 14.2. The van der Waals surface area contributed by atoms with E-state index in [9.17, 15) is 0 Å². The fraction of sp³-hybridized carbons (Fsp3) is 0.375. The van der Waals surface area contributed by atoms with Crippen LogP contribution in [0.25, 0.3) is 49.4 Å². The Morgan fingerprint density at radius 2 is 1.16 bits per heavy atom. The maximum Gasteiger partial charge on any atom is 0.159 e. The van der Waals surface area contributed by atoms with Gasteiger partial charge in [0.2, 0.25) is 0 Å². The molecule has 0 spiro atoms. The smallest absolute Gasteiger partial charge is 0.159 e. The van der Waals surface area contributed by atoms with Gasteiger partial charge in [0, 0.05) is 21.5 Å². The third-order valence-electron chi connectivity index (χ3n) is 14.9. The number of hydrogen-bond donors (Lipinski definition) is 0. The van der Waals surface area contributed by atoms with E-state index in [1.165, 1.54) is 96.8 Å². The largest absolute Gasteiger partial charge is 0.454 e. The summed E-state index contributed by atoms with van der Waals surface area (Å²) in [4.78, 5) is 0.